The van der Waals surface area contributed by atoms with Gasteiger partial charge in [0.2, 0.25) is 11.9 Å². The van der Waals surface area contributed by atoms with Gasteiger partial charge in [0.1, 0.15) is 11.6 Å². The summed E-state index contributed by atoms with van der Waals surface area (Å²) in [7, 11) is 0. The van der Waals surface area contributed by atoms with E-state index in [4.69, 9.17) is 21.7 Å². The Morgan fingerprint density at radius 3 is 1.42 bits per heavy atom. The van der Waals surface area contributed by atoms with Crippen molar-refractivity contribution >= 4 is 35.5 Å². The number of carbonyl (C=O) groups is 2. The van der Waals surface area contributed by atoms with Crippen molar-refractivity contribution in [3.05, 3.63) is 92.3 Å². The van der Waals surface area contributed by atoms with Crippen LogP contribution < -0.4 is 22.1 Å². The first kappa shape index (κ1) is 57.5. The molecule has 69 heavy (non-hydrogen) atoms. The fourth-order valence-corrected chi connectivity index (χ4v) is 8.06. The number of aliphatic carboxylic acids is 2. The lowest BCUT2D eigenvalue weighted by atomic mass is 9.97. The number of halogens is 5. The predicted molar refractivity (Wildman–Crippen MR) is 256 cm³/mol. The Morgan fingerprint density at radius 1 is 0.667 bits per heavy atom. The lowest BCUT2D eigenvalue weighted by Gasteiger charge is -2.23. The monoisotopic (exact) mass is 977 g/mol. The number of hydrogen-bond donors (Lipinski definition) is 8. The molecule has 0 radical (unpaired) electrons. The van der Waals surface area contributed by atoms with E-state index in [0.717, 1.165) is 75.2 Å². The molecule has 382 valence electrons. The molecule has 4 rings (SSSR count). The standard InChI is InChI=1S/C24H34F3N5O3.C24H35F2N5O3/c1-4-5-19(8-9-33)30-22-20(16(3)29-23(28)31-22)11-18-7-6-17(10-15(18)2)12-32(13-21(34)35)14-24(25,26)27;1-4-5-19(8-9-32)29-23-20(16(3)28-24(27)30-23)11-18-7-6-17(10-15(18)2)12-31(13-21(25)26)14-22(33)34/h6-7,10,19,33H,4-5,8-9,11-14H2,1-3H3,(H,34,35)(H3,28,29,30,31);6-7,10,19,21,32H,4-5,8-9,11-14H2,1-3H3,(H,33,34)(H3,27,28,29,30)/t2*19-/m00/s1. The lowest BCUT2D eigenvalue weighted by Crippen LogP contribution is -2.37. The molecule has 0 fully saturated rings. The molecule has 0 amide bonds. The van der Waals surface area contributed by atoms with Crippen LogP contribution in [0.4, 0.5) is 45.5 Å². The average Bonchev–Trinajstić information content (AvgIpc) is 3.21. The third-order valence-corrected chi connectivity index (χ3v) is 11.3. The van der Waals surface area contributed by atoms with E-state index < -0.39 is 50.7 Å². The molecule has 0 saturated heterocycles. The number of aromatic nitrogens is 4. The molecular formula is C48H69F5N10O6. The third-order valence-electron chi connectivity index (χ3n) is 11.3. The number of nitrogen functional groups attached to an aromatic ring is 2. The zero-order valence-electron chi connectivity index (χ0n) is 40.3. The molecule has 0 unspecified atom stereocenters. The maximum absolute atomic E-state index is 12.9. The number of rotatable bonds is 27. The number of nitrogens with two attached hydrogens (primary N) is 2. The lowest BCUT2D eigenvalue weighted by molar-refractivity contribution is -0.155. The van der Waals surface area contributed by atoms with E-state index in [1.165, 1.54) is 4.90 Å². The molecular weight excluding hydrogens is 908 g/mol. The van der Waals surface area contributed by atoms with E-state index in [2.05, 4.69) is 44.4 Å². The van der Waals surface area contributed by atoms with Crippen molar-refractivity contribution in [3.8, 4) is 0 Å². The molecule has 0 aliphatic rings. The van der Waals surface area contributed by atoms with Gasteiger partial charge >= 0.3 is 18.1 Å². The number of aliphatic hydroxyl groups excluding tert-OH is 2. The maximum atomic E-state index is 12.9. The molecule has 0 aliphatic carbocycles. The molecule has 0 saturated carbocycles. The van der Waals surface area contributed by atoms with Crippen LogP contribution in [0.1, 0.15) is 108 Å². The van der Waals surface area contributed by atoms with E-state index >= 15 is 0 Å². The highest BCUT2D eigenvalue weighted by Gasteiger charge is 2.31. The second-order valence-corrected chi connectivity index (χ2v) is 17.3. The van der Waals surface area contributed by atoms with Crippen molar-refractivity contribution in [2.24, 2.45) is 0 Å². The largest absolute Gasteiger partial charge is 0.480 e. The Balaban J connectivity index is 0.000000365. The van der Waals surface area contributed by atoms with Gasteiger partial charge in [-0.2, -0.15) is 23.1 Å². The number of benzene rings is 2. The predicted octanol–water partition coefficient (Wildman–Crippen LogP) is 7.06. The highest BCUT2D eigenvalue weighted by atomic mass is 19.4. The normalized spacial score (nSPS) is 12.5. The summed E-state index contributed by atoms with van der Waals surface area (Å²) in [4.78, 5) is 41.5. The van der Waals surface area contributed by atoms with Gasteiger partial charge in [-0.25, -0.2) is 18.7 Å². The minimum absolute atomic E-state index is 0.0229. The molecule has 16 nitrogen and oxygen atoms in total. The van der Waals surface area contributed by atoms with Crippen LogP contribution in [-0.2, 0) is 35.5 Å². The molecule has 2 aromatic carbocycles. The number of carboxylic acid groups (broad SMARTS) is 2. The van der Waals surface area contributed by atoms with Gasteiger partial charge in [-0.15, -0.1) is 0 Å². The number of nitrogens with zero attached hydrogens (tertiary/aromatic N) is 6. The van der Waals surface area contributed by atoms with Crippen molar-refractivity contribution in [1.82, 2.24) is 29.7 Å². The maximum Gasteiger partial charge on any atom is 0.401 e. The van der Waals surface area contributed by atoms with Crippen LogP contribution in [0.25, 0.3) is 0 Å². The van der Waals surface area contributed by atoms with Gasteiger partial charge in [-0.1, -0.05) is 63.1 Å². The van der Waals surface area contributed by atoms with Gasteiger partial charge in [0.05, 0.1) is 26.2 Å². The second-order valence-electron chi connectivity index (χ2n) is 17.3. The summed E-state index contributed by atoms with van der Waals surface area (Å²) in [5, 5.41) is 43.6. The van der Waals surface area contributed by atoms with Crippen LogP contribution in [-0.4, -0.2) is 126 Å². The summed E-state index contributed by atoms with van der Waals surface area (Å²) < 4.78 is 64.3. The smallest absolute Gasteiger partial charge is 0.401 e. The van der Waals surface area contributed by atoms with Crippen molar-refractivity contribution in [2.75, 3.05) is 61.5 Å². The van der Waals surface area contributed by atoms with Crippen molar-refractivity contribution in [2.45, 2.75) is 131 Å². The van der Waals surface area contributed by atoms with Gasteiger partial charge in [-0.3, -0.25) is 19.4 Å². The van der Waals surface area contributed by atoms with E-state index in [1.807, 2.05) is 52.0 Å². The van der Waals surface area contributed by atoms with Gasteiger partial charge in [-0.05, 0) is 86.8 Å². The molecule has 2 aromatic heterocycles. The Kier molecular flexibility index (Phi) is 23.4. The van der Waals surface area contributed by atoms with Crippen LogP contribution in [0, 0.1) is 27.7 Å². The topological polar surface area (TPSA) is 249 Å². The number of carboxylic acids is 2. The average molecular weight is 977 g/mol. The molecule has 10 N–H and O–H groups in total. The van der Waals surface area contributed by atoms with E-state index in [0.29, 0.717) is 48.6 Å². The molecule has 4 aromatic rings. The first-order chi connectivity index (χ1) is 32.5. The molecule has 0 bridgehead atoms. The van der Waals surface area contributed by atoms with Crippen molar-refractivity contribution in [3.63, 3.8) is 0 Å². The minimum Gasteiger partial charge on any atom is -0.480 e. The number of hydrogen-bond acceptors (Lipinski definition) is 14. The van der Waals surface area contributed by atoms with Crippen LogP contribution in [0.15, 0.2) is 36.4 Å². The van der Waals surface area contributed by atoms with Crippen molar-refractivity contribution < 1.29 is 52.0 Å². The van der Waals surface area contributed by atoms with Gasteiger partial charge in [0.15, 0.2) is 0 Å². The Labute approximate surface area is 400 Å². The second kappa shape index (κ2) is 28.0. The third kappa shape index (κ3) is 20.4. The first-order valence-electron chi connectivity index (χ1n) is 22.9. The van der Waals surface area contributed by atoms with E-state index in [-0.39, 0.29) is 50.3 Å². The van der Waals surface area contributed by atoms with E-state index in [1.54, 1.807) is 12.1 Å². The summed E-state index contributed by atoms with van der Waals surface area (Å²) in [5.74, 6) is -0.900. The van der Waals surface area contributed by atoms with Crippen molar-refractivity contribution in [1.29, 1.82) is 0 Å². The highest BCUT2D eigenvalue weighted by molar-refractivity contribution is 5.69. The zero-order valence-corrected chi connectivity index (χ0v) is 40.3. The fourth-order valence-electron chi connectivity index (χ4n) is 8.06. The molecule has 0 aliphatic heterocycles. The molecule has 21 heteroatoms. The van der Waals surface area contributed by atoms with Gasteiger partial charge < -0.3 is 42.5 Å². The summed E-state index contributed by atoms with van der Waals surface area (Å²) >= 11 is 0. The Bertz CT molecular complexity index is 2260. The molecule has 2 heterocycles. The number of nitrogens with one attached hydrogen (secondary N) is 2. The first-order valence-corrected chi connectivity index (χ1v) is 22.9. The summed E-state index contributed by atoms with van der Waals surface area (Å²) in [6.45, 7) is 8.67. The molecule has 0 spiro atoms. The van der Waals surface area contributed by atoms with Crippen LogP contribution in [0.2, 0.25) is 0 Å². The number of alkyl halides is 5. The Morgan fingerprint density at radius 2 is 1.07 bits per heavy atom. The number of aryl methyl sites for hydroxylation is 4. The zero-order chi connectivity index (χ0) is 51.4. The van der Waals surface area contributed by atoms with Crippen LogP contribution in [0.5, 0.6) is 0 Å². The highest BCUT2D eigenvalue weighted by Crippen LogP contribution is 2.28. The summed E-state index contributed by atoms with van der Waals surface area (Å²) in [6.07, 6.45) is -1.33. The van der Waals surface area contributed by atoms with Gasteiger partial charge in [0, 0.05) is 73.7 Å². The fraction of sp³-hybridized carbons (Fsp3) is 0.542. The number of anilines is 4. The quantitative estimate of drug-likeness (QED) is 0.0279. The minimum atomic E-state index is -4.49. The van der Waals surface area contributed by atoms with Crippen LogP contribution in [0.3, 0.4) is 0 Å². The van der Waals surface area contributed by atoms with E-state index in [9.17, 15) is 41.8 Å². The SMILES string of the molecule is CCC[C@@H](CCO)Nc1nc(N)nc(C)c1Cc1ccc(CN(CC(=O)O)CC(F)(F)F)cc1C.CCC[C@@H](CCO)Nc1nc(N)nc(C)c1Cc1ccc(CN(CC(=O)O)CC(F)F)cc1C. The van der Waals surface area contributed by atoms with Gasteiger partial charge in [0.25, 0.3) is 6.43 Å². The Hall–Kier alpha value is -5.77. The number of aliphatic hydroxyl groups is 2. The van der Waals surface area contributed by atoms with Crippen LogP contribution >= 0.6 is 0 Å². The summed E-state index contributed by atoms with van der Waals surface area (Å²) in [5.41, 5.74) is 20.1. The molecule has 2 atom stereocenters. The summed E-state index contributed by atoms with van der Waals surface area (Å²) in [6, 6.07) is 11.0.